The van der Waals surface area contributed by atoms with E-state index in [1.165, 1.54) is 51.4 Å². The first kappa shape index (κ1) is 18.9. The molecule has 6 heteroatoms. The first-order valence-electron chi connectivity index (χ1n) is 10.9. The number of ether oxygens (including phenoxy) is 1. The van der Waals surface area contributed by atoms with Crippen LogP contribution in [0.5, 0.6) is 0 Å². The number of hydrogen-bond acceptors (Lipinski definition) is 6. The molecule has 1 N–H and O–H groups in total. The molecule has 3 heterocycles. The van der Waals surface area contributed by atoms with Crippen molar-refractivity contribution < 1.29 is 4.74 Å². The fourth-order valence-electron chi connectivity index (χ4n) is 5.05. The van der Waals surface area contributed by atoms with Crippen LogP contribution in [0.25, 0.3) is 0 Å². The lowest BCUT2D eigenvalue weighted by molar-refractivity contribution is -0.00299. The van der Waals surface area contributed by atoms with Crippen LogP contribution in [0.3, 0.4) is 0 Å². The van der Waals surface area contributed by atoms with Gasteiger partial charge >= 0.3 is 0 Å². The average Bonchev–Trinajstić information content (AvgIpc) is 3.00. The minimum absolute atomic E-state index is 0.403. The molecule has 0 bridgehead atoms. The highest BCUT2D eigenvalue weighted by Gasteiger charge is 2.34. The molecule has 2 aliphatic heterocycles. The van der Waals surface area contributed by atoms with Gasteiger partial charge in [0.25, 0.3) is 0 Å². The Morgan fingerprint density at radius 3 is 2.63 bits per heavy atom. The minimum Gasteiger partial charge on any atom is -0.380 e. The van der Waals surface area contributed by atoms with E-state index in [4.69, 9.17) is 9.72 Å². The topological polar surface area (TPSA) is 53.5 Å². The molecule has 1 aromatic heterocycles. The predicted molar refractivity (Wildman–Crippen MR) is 109 cm³/mol. The fraction of sp³-hybridized carbons (Fsp3) is 0.810. The zero-order valence-electron chi connectivity index (χ0n) is 16.8. The van der Waals surface area contributed by atoms with E-state index in [9.17, 15) is 0 Å². The number of nitrogens with one attached hydrogen (secondary N) is 1. The van der Waals surface area contributed by atoms with Crippen LogP contribution in [-0.4, -0.2) is 66.3 Å². The third-order valence-electron chi connectivity index (χ3n) is 6.56. The smallest absolute Gasteiger partial charge is 0.224 e. The second kappa shape index (κ2) is 9.20. The van der Waals surface area contributed by atoms with Gasteiger partial charge in [-0.25, -0.2) is 4.98 Å². The number of rotatable bonds is 5. The third kappa shape index (κ3) is 4.72. The molecule has 0 radical (unpaired) electrons. The summed E-state index contributed by atoms with van der Waals surface area (Å²) in [5.41, 5.74) is 0. The largest absolute Gasteiger partial charge is 0.380 e. The Bertz CT molecular complexity index is 590. The maximum absolute atomic E-state index is 5.77. The molecule has 150 valence electrons. The Hall–Kier alpha value is -1.40. The quantitative estimate of drug-likeness (QED) is 0.855. The SMILES string of the molecule is COC1CCCCC1N1CCC(Nc2nccc(N3CCCCCC3)n2)C1. The molecule has 1 aromatic rings. The Balaban J connectivity index is 1.35. The molecule has 0 amide bonds. The van der Waals surface area contributed by atoms with Crippen LogP contribution in [0.1, 0.15) is 57.8 Å². The van der Waals surface area contributed by atoms with Crippen molar-refractivity contribution >= 4 is 11.8 Å². The lowest BCUT2D eigenvalue weighted by atomic mass is 9.91. The Labute approximate surface area is 163 Å². The molecule has 4 rings (SSSR count). The minimum atomic E-state index is 0.403. The van der Waals surface area contributed by atoms with Crippen molar-refractivity contribution in [3.63, 3.8) is 0 Å². The summed E-state index contributed by atoms with van der Waals surface area (Å²) in [5.74, 6) is 1.87. The Morgan fingerprint density at radius 2 is 1.81 bits per heavy atom. The molecule has 2 saturated heterocycles. The van der Waals surface area contributed by atoms with Gasteiger partial charge in [-0.05, 0) is 38.2 Å². The highest BCUT2D eigenvalue weighted by atomic mass is 16.5. The van der Waals surface area contributed by atoms with Gasteiger partial charge < -0.3 is 15.0 Å². The zero-order valence-corrected chi connectivity index (χ0v) is 16.8. The number of nitrogens with zero attached hydrogens (tertiary/aromatic N) is 4. The molecule has 3 unspecified atom stereocenters. The van der Waals surface area contributed by atoms with Crippen LogP contribution in [0.4, 0.5) is 11.8 Å². The van der Waals surface area contributed by atoms with Crippen LogP contribution < -0.4 is 10.2 Å². The van der Waals surface area contributed by atoms with Crippen LogP contribution in [0.15, 0.2) is 12.3 Å². The van der Waals surface area contributed by atoms with Crippen LogP contribution in [0.2, 0.25) is 0 Å². The summed E-state index contributed by atoms with van der Waals surface area (Å²) in [6.45, 7) is 4.46. The Morgan fingerprint density at radius 1 is 1.00 bits per heavy atom. The van der Waals surface area contributed by atoms with E-state index >= 15 is 0 Å². The first-order valence-corrected chi connectivity index (χ1v) is 10.9. The standard InChI is InChI=1S/C21H35N5O/c1-27-19-9-5-4-8-18(19)26-15-11-17(16-26)23-21-22-12-10-20(24-21)25-13-6-2-3-7-14-25/h10,12,17-19H,2-9,11,13-16H2,1H3,(H,22,23,24). The summed E-state index contributed by atoms with van der Waals surface area (Å²) in [5, 5.41) is 3.61. The van der Waals surface area contributed by atoms with Crippen LogP contribution >= 0.6 is 0 Å². The van der Waals surface area contributed by atoms with E-state index < -0.39 is 0 Å². The van der Waals surface area contributed by atoms with E-state index in [0.717, 1.165) is 44.4 Å². The van der Waals surface area contributed by atoms with Crippen molar-refractivity contribution in [2.24, 2.45) is 0 Å². The summed E-state index contributed by atoms with van der Waals surface area (Å²) in [7, 11) is 1.87. The van der Waals surface area contributed by atoms with Gasteiger partial charge in [-0.15, -0.1) is 0 Å². The van der Waals surface area contributed by atoms with Crippen molar-refractivity contribution in [2.45, 2.75) is 76.0 Å². The molecule has 6 nitrogen and oxygen atoms in total. The van der Waals surface area contributed by atoms with Gasteiger partial charge in [-0.1, -0.05) is 25.7 Å². The van der Waals surface area contributed by atoms with E-state index in [1.807, 2.05) is 13.3 Å². The molecule has 3 fully saturated rings. The summed E-state index contributed by atoms with van der Waals surface area (Å²) in [4.78, 5) is 14.4. The molecule has 1 aliphatic carbocycles. The highest BCUT2D eigenvalue weighted by molar-refractivity contribution is 5.43. The van der Waals surface area contributed by atoms with Gasteiger partial charge in [-0.2, -0.15) is 4.98 Å². The highest BCUT2D eigenvalue weighted by Crippen LogP contribution is 2.28. The summed E-state index contributed by atoms with van der Waals surface area (Å²) in [6.07, 6.45) is 13.8. The van der Waals surface area contributed by atoms with Gasteiger partial charge in [0.2, 0.25) is 5.95 Å². The molecular formula is C21H35N5O. The Kier molecular flexibility index (Phi) is 6.45. The fourth-order valence-corrected chi connectivity index (χ4v) is 5.05. The van der Waals surface area contributed by atoms with Gasteiger partial charge in [0, 0.05) is 51.6 Å². The van der Waals surface area contributed by atoms with Crippen molar-refractivity contribution in [1.29, 1.82) is 0 Å². The molecule has 27 heavy (non-hydrogen) atoms. The van der Waals surface area contributed by atoms with Crippen molar-refractivity contribution in [3.8, 4) is 0 Å². The second-order valence-electron chi connectivity index (χ2n) is 8.39. The van der Waals surface area contributed by atoms with Gasteiger partial charge in [0.05, 0.1) is 6.10 Å². The molecule has 0 aromatic carbocycles. The van der Waals surface area contributed by atoms with Gasteiger partial charge in [-0.3, -0.25) is 4.90 Å². The maximum Gasteiger partial charge on any atom is 0.224 e. The van der Waals surface area contributed by atoms with E-state index in [0.29, 0.717) is 18.2 Å². The molecule has 3 aliphatic rings. The summed E-state index contributed by atoms with van der Waals surface area (Å²) < 4.78 is 5.77. The molecular weight excluding hydrogens is 338 g/mol. The predicted octanol–water partition coefficient (Wildman–Crippen LogP) is 3.30. The molecule has 1 saturated carbocycles. The number of hydrogen-bond donors (Lipinski definition) is 1. The summed E-state index contributed by atoms with van der Waals surface area (Å²) in [6, 6.07) is 3.08. The van der Waals surface area contributed by atoms with E-state index in [2.05, 4.69) is 26.2 Å². The van der Waals surface area contributed by atoms with Crippen molar-refractivity contribution in [2.75, 3.05) is 43.5 Å². The summed E-state index contributed by atoms with van der Waals surface area (Å²) >= 11 is 0. The van der Waals surface area contributed by atoms with Crippen LogP contribution in [0, 0.1) is 0 Å². The van der Waals surface area contributed by atoms with E-state index in [-0.39, 0.29) is 0 Å². The van der Waals surface area contributed by atoms with Crippen molar-refractivity contribution in [1.82, 2.24) is 14.9 Å². The third-order valence-corrected chi connectivity index (χ3v) is 6.56. The maximum atomic E-state index is 5.77. The molecule has 0 spiro atoms. The first-order chi connectivity index (χ1) is 13.3. The van der Waals surface area contributed by atoms with Gasteiger partial charge in [0.1, 0.15) is 5.82 Å². The van der Waals surface area contributed by atoms with Crippen molar-refractivity contribution in [3.05, 3.63) is 12.3 Å². The zero-order chi connectivity index (χ0) is 18.5. The number of methoxy groups -OCH3 is 1. The average molecular weight is 374 g/mol. The lowest BCUT2D eigenvalue weighted by Gasteiger charge is -2.37. The second-order valence-corrected chi connectivity index (χ2v) is 8.39. The number of aromatic nitrogens is 2. The van der Waals surface area contributed by atoms with Crippen LogP contribution in [-0.2, 0) is 4.74 Å². The number of anilines is 2. The van der Waals surface area contributed by atoms with Gasteiger partial charge in [0.15, 0.2) is 0 Å². The number of likely N-dealkylation sites (tertiary alicyclic amines) is 1. The molecule has 3 atom stereocenters. The van der Waals surface area contributed by atoms with E-state index in [1.54, 1.807) is 0 Å². The monoisotopic (exact) mass is 373 g/mol. The normalized spacial score (nSPS) is 30.3. The lowest BCUT2D eigenvalue weighted by Crippen LogP contribution is -2.45.